The zero-order valence-corrected chi connectivity index (χ0v) is 9.34. The number of nitrogens with one attached hydrogen (secondary N) is 1. The Morgan fingerprint density at radius 3 is 2.36 bits per heavy atom. The molecule has 1 aliphatic rings. The average Bonchev–Trinajstić information content (AvgIpc) is 2.18. The third-order valence-electron chi connectivity index (χ3n) is 3.35. The van der Waals surface area contributed by atoms with E-state index < -0.39 is 0 Å². The Bertz CT molecular complexity index is 209. The third kappa shape index (κ3) is 2.45. The molecule has 1 rings (SSSR count). The van der Waals surface area contributed by atoms with E-state index in [1.807, 2.05) is 6.92 Å². The van der Waals surface area contributed by atoms with Gasteiger partial charge in [-0.2, -0.15) is 0 Å². The summed E-state index contributed by atoms with van der Waals surface area (Å²) in [4.78, 5) is 2.24. The lowest BCUT2D eigenvalue weighted by atomic mass is 9.92. The second-order valence-electron chi connectivity index (χ2n) is 4.32. The molecule has 0 spiro atoms. The molecule has 4 heteroatoms. The number of nitrogens with zero attached hydrogens (tertiary/aromatic N) is 1. The quantitative estimate of drug-likeness (QED) is 0.522. The number of ether oxygens (including phenoxy) is 1. The van der Waals surface area contributed by atoms with Crippen LogP contribution in [0.1, 0.15) is 26.7 Å². The van der Waals surface area contributed by atoms with Crippen LogP contribution >= 0.6 is 0 Å². The van der Waals surface area contributed by atoms with E-state index in [4.69, 9.17) is 15.9 Å². The molecule has 0 aromatic carbocycles. The first-order chi connectivity index (χ1) is 6.48. The van der Waals surface area contributed by atoms with Crippen molar-refractivity contribution in [3.8, 4) is 0 Å². The summed E-state index contributed by atoms with van der Waals surface area (Å²) in [5.74, 6) is 0.256. The van der Waals surface area contributed by atoms with E-state index in [-0.39, 0.29) is 17.5 Å². The number of nitrogens with two attached hydrogens (primary N) is 1. The van der Waals surface area contributed by atoms with Crippen LogP contribution < -0.4 is 5.73 Å². The van der Waals surface area contributed by atoms with Crippen LogP contribution in [0, 0.1) is 5.41 Å². The third-order valence-corrected chi connectivity index (χ3v) is 3.35. The van der Waals surface area contributed by atoms with Crippen LogP contribution in [0.3, 0.4) is 0 Å². The van der Waals surface area contributed by atoms with Crippen molar-refractivity contribution in [3.05, 3.63) is 0 Å². The van der Waals surface area contributed by atoms with Crippen LogP contribution in [-0.4, -0.2) is 42.6 Å². The lowest BCUT2D eigenvalue weighted by molar-refractivity contribution is -0.0449. The molecule has 1 aliphatic heterocycles. The number of piperidine rings is 1. The molecule has 0 saturated carbocycles. The van der Waals surface area contributed by atoms with Crippen LogP contribution in [-0.2, 0) is 4.74 Å². The van der Waals surface area contributed by atoms with Gasteiger partial charge in [-0.25, -0.2) is 0 Å². The number of hydrogen-bond acceptors (Lipinski definition) is 3. The Labute approximate surface area is 85.9 Å². The summed E-state index contributed by atoms with van der Waals surface area (Å²) in [6.07, 6.45) is 2.03. The summed E-state index contributed by atoms with van der Waals surface area (Å²) >= 11 is 0. The lowest BCUT2D eigenvalue weighted by Crippen LogP contribution is -2.50. The summed E-state index contributed by atoms with van der Waals surface area (Å²) in [5, 5.41) is 7.39. The van der Waals surface area contributed by atoms with Gasteiger partial charge >= 0.3 is 0 Å². The van der Waals surface area contributed by atoms with Gasteiger partial charge in [0.2, 0.25) is 0 Å². The fourth-order valence-electron chi connectivity index (χ4n) is 1.79. The number of hydrogen-bond donors (Lipinski definition) is 2. The topological polar surface area (TPSA) is 62.3 Å². The van der Waals surface area contributed by atoms with E-state index in [1.165, 1.54) is 0 Å². The van der Waals surface area contributed by atoms with Gasteiger partial charge in [0.1, 0.15) is 5.84 Å². The molecule has 1 saturated heterocycles. The minimum Gasteiger partial charge on any atom is -0.386 e. The summed E-state index contributed by atoms with van der Waals surface area (Å²) in [7, 11) is 1.77. The largest absolute Gasteiger partial charge is 0.386 e. The summed E-state index contributed by atoms with van der Waals surface area (Å²) in [6.45, 7) is 6.05. The molecule has 14 heavy (non-hydrogen) atoms. The van der Waals surface area contributed by atoms with Gasteiger partial charge in [0.25, 0.3) is 0 Å². The van der Waals surface area contributed by atoms with Crippen LogP contribution in [0.25, 0.3) is 0 Å². The second-order valence-corrected chi connectivity index (χ2v) is 4.32. The van der Waals surface area contributed by atoms with E-state index in [9.17, 15) is 0 Å². The minimum atomic E-state index is 0.0208. The number of likely N-dealkylation sites (tertiary alicyclic amines) is 1. The highest BCUT2D eigenvalue weighted by Crippen LogP contribution is 2.25. The lowest BCUT2D eigenvalue weighted by Gasteiger charge is -2.40. The predicted molar refractivity (Wildman–Crippen MR) is 57.6 cm³/mol. The van der Waals surface area contributed by atoms with Crippen LogP contribution in [0.5, 0.6) is 0 Å². The monoisotopic (exact) mass is 199 g/mol. The molecule has 3 N–H and O–H groups in total. The summed E-state index contributed by atoms with van der Waals surface area (Å²) in [6, 6.07) is 0.0661. The zero-order chi connectivity index (χ0) is 10.8. The highest BCUT2D eigenvalue weighted by Gasteiger charge is 2.31. The van der Waals surface area contributed by atoms with Gasteiger partial charge in [0.15, 0.2) is 0 Å². The van der Waals surface area contributed by atoms with Gasteiger partial charge in [-0.3, -0.25) is 10.3 Å². The Kier molecular flexibility index (Phi) is 3.50. The number of rotatable bonds is 3. The van der Waals surface area contributed by atoms with E-state index in [0.717, 1.165) is 25.9 Å². The van der Waals surface area contributed by atoms with Crippen molar-refractivity contribution >= 4 is 5.84 Å². The van der Waals surface area contributed by atoms with Crippen molar-refractivity contribution < 1.29 is 4.74 Å². The van der Waals surface area contributed by atoms with Crippen LogP contribution in [0.2, 0.25) is 0 Å². The molecule has 0 radical (unpaired) electrons. The first-order valence-corrected chi connectivity index (χ1v) is 5.11. The Morgan fingerprint density at radius 2 is 2.00 bits per heavy atom. The molecule has 4 nitrogen and oxygen atoms in total. The van der Waals surface area contributed by atoms with Gasteiger partial charge in [-0.05, 0) is 26.7 Å². The van der Waals surface area contributed by atoms with Gasteiger partial charge in [-0.15, -0.1) is 0 Å². The number of amidine groups is 1. The normalized spacial score (nSPS) is 24.5. The van der Waals surface area contributed by atoms with E-state index >= 15 is 0 Å². The molecule has 82 valence electrons. The van der Waals surface area contributed by atoms with Crippen molar-refractivity contribution in [2.75, 3.05) is 20.2 Å². The molecule has 1 atom stereocenters. The molecule has 1 unspecified atom stereocenters. The van der Waals surface area contributed by atoms with Gasteiger partial charge < -0.3 is 10.5 Å². The van der Waals surface area contributed by atoms with Crippen LogP contribution in [0.15, 0.2) is 0 Å². The highest BCUT2D eigenvalue weighted by atomic mass is 16.5. The van der Waals surface area contributed by atoms with Gasteiger partial charge in [0.05, 0.1) is 11.6 Å². The molecule has 1 fully saturated rings. The molecule has 1 heterocycles. The zero-order valence-electron chi connectivity index (χ0n) is 9.34. The standard InChI is InChI=1S/C10H21N3O/c1-8(9(11)12)13-6-4-10(2,14-3)5-7-13/h8H,4-7H2,1-3H3,(H3,11,12). The van der Waals surface area contributed by atoms with Crippen LogP contribution in [0.4, 0.5) is 0 Å². The maximum Gasteiger partial charge on any atom is 0.108 e. The van der Waals surface area contributed by atoms with Crippen molar-refractivity contribution in [1.29, 1.82) is 5.41 Å². The molecule has 0 aromatic rings. The highest BCUT2D eigenvalue weighted by molar-refractivity contribution is 5.82. The minimum absolute atomic E-state index is 0.0208. The smallest absolute Gasteiger partial charge is 0.108 e. The molecular weight excluding hydrogens is 178 g/mol. The first kappa shape index (κ1) is 11.5. The van der Waals surface area contributed by atoms with Gasteiger partial charge in [0, 0.05) is 20.2 Å². The first-order valence-electron chi connectivity index (χ1n) is 5.11. The number of methoxy groups -OCH3 is 1. The average molecular weight is 199 g/mol. The van der Waals surface area contributed by atoms with Gasteiger partial charge in [-0.1, -0.05) is 0 Å². The Balaban J connectivity index is 2.47. The molecule has 0 bridgehead atoms. The second kappa shape index (κ2) is 4.28. The SMILES string of the molecule is COC1(C)CCN(C(C)C(=N)N)CC1. The Morgan fingerprint density at radius 1 is 1.50 bits per heavy atom. The van der Waals surface area contributed by atoms with Crippen molar-refractivity contribution in [2.24, 2.45) is 5.73 Å². The summed E-state index contributed by atoms with van der Waals surface area (Å²) in [5.41, 5.74) is 5.50. The van der Waals surface area contributed by atoms with Crippen molar-refractivity contribution in [2.45, 2.75) is 38.3 Å². The maximum absolute atomic E-state index is 7.39. The fraction of sp³-hybridized carbons (Fsp3) is 0.900. The van der Waals surface area contributed by atoms with E-state index in [2.05, 4.69) is 11.8 Å². The van der Waals surface area contributed by atoms with E-state index in [0.29, 0.717) is 0 Å². The van der Waals surface area contributed by atoms with Crippen molar-refractivity contribution in [3.63, 3.8) is 0 Å². The van der Waals surface area contributed by atoms with Crippen molar-refractivity contribution in [1.82, 2.24) is 4.90 Å². The summed E-state index contributed by atoms with van der Waals surface area (Å²) < 4.78 is 5.46. The molecular formula is C10H21N3O. The maximum atomic E-state index is 7.39. The van der Waals surface area contributed by atoms with E-state index in [1.54, 1.807) is 7.11 Å². The Hall–Kier alpha value is -0.610. The molecule has 0 amide bonds. The fourth-order valence-corrected chi connectivity index (χ4v) is 1.79. The predicted octanol–water partition coefficient (Wildman–Crippen LogP) is 0.812. The molecule has 0 aliphatic carbocycles. The molecule has 0 aromatic heterocycles.